The molecule has 0 bridgehead atoms. The predicted molar refractivity (Wildman–Crippen MR) is 72.0 cm³/mol. The second kappa shape index (κ2) is 5.83. The van der Waals surface area contributed by atoms with E-state index in [0.29, 0.717) is 11.7 Å². The molecule has 0 radical (unpaired) electrons. The lowest BCUT2D eigenvalue weighted by Gasteiger charge is -2.06. The number of hydrogen-bond acceptors (Lipinski definition) is 5. The molecule has 0 aromatic carbocycles. The summed E-state index contributed by atoms with van der Waals surface area (Å²) in [5, 5.41) is 17.5. The number of carboxylic acid groups (broad SMARTS) is 1. The van der Waals surface area contributed by atoms with Crippen LogP contribution in [0.25, 0.3) is 11.4 Å². The standard InChI is InChI=1S/C12H14N4O2S/c1-3-16-11(9-4-5-13-8(2)6-9)14-15-12(16)19-7-10(17)18/h4-6H,3,7H2,1-2H3,(H,17,18). The van der Waals surface area contributed by atoms with Crippen LogP contribution >= 0.6 is 11.8 Å². The van der Waals surface area contributed by atoms with E-state index in [-0.39, 0.29) is 5.75 Å². The van der Waals surface area contributed by atoms with Crippen molar-refractivity contribution >= 4 is 17.7 Å². The highest BCUT2D eigenvalue weighted by Crippen LogP contribution is 2.23. The zero-order valence-corrected chi connectivity index (χ0v) is 11.5. The van der Waals surface area contributed by atoms with E-state index in [9.17, 15) is 4.79 Å². The van der Waals surface area contributed by atoms with Gasteiger partial charge in [-0.25, -0.2) is 0 Å². The molecule has 0 saturated heterocycles. The summed E-state index contributed by atoms with van der Waals surface area (Å²) in [5.74, 6) is -0.147. The van der Waals surface area contributed by atoms with Gasteiger partial charge >= 0.3 is 5.97 Å². The Kier molecular flexibility index (Phi) is 4.16. The van der Waals surface area contributed by atoms with E-state index in [1.54, 1.807) is 6.20 Å². The third-order valence-corrected chi connectivity index (χ3v) is 3.46. The number of rotatable bonds is 5. The highest BCUT2D eigenvalue weighted by Gasteiger charge is 2.14. The second-order valence-corrected chi connectivity index (χ2v) is 4.86. The average Bonchev–Trinajstić information content (AvgIpc) is 2.79. The smallest absolute Gasteiger partial charge is 0.313 e. The number of nitrogens with zero attached hydrogens (tertiary/aromatic N) is 4. The molecule has 1 N–H and O–H groups in total. The van der Waals surface area contributed by atoms with Crippen molar-refractivity contribution in [3.8, 4) is 11.4 Å². The summed E-state index contributed by atoms with van der Waals surface area (Å²) >= 11 is 1.17. The van der Waals surface area contributed by atoms with E-state index in [0.717, 1.165) is 17.1 Å². The normalized spacial score (nSPS) is 10.6. The number of carboxylic acids is 1. The fourth-order valence-electron chi connectivity index (χ4n) is 1.71. The molecule has 0 unspecified atom stereocenters. The van der Waals surface area contributed by atoms with Crippen LogP contribution in [0.3, 0.4) is 0 Å². The Morgan fingerprint density at radius 2 is 2.26 bits per heavy atom. The number of aliphatic carboxylic acids is 1. The molecule has 7 heteroatoms. The van der Waals surface area contributed by atoms with E-state index < -0.39 is 5.97 Å². The highest BCUT2D eigenvalue weighted by atomic mass is 32.2. The topological polar surface area (TPSA) is 80.9 Å². The third kappa shape index (κ3) is 3.11. The SMILES string of the molecule is CCn1c(SCC(=O)O)nnc1-c1ccnc(C)c1. The van der Waals surface area contributed by atoms with Crippen LogP contribution in [0.4, 0.5) is 0 Å². The minimum absolute atomic E-state index is 0.0203. The molecule has 0 aliphatic rings. The second-order valence-electron chi connectivity index (χ2n) is 3.92. The van der Waals surface area contributed by atoms with Crippen molar-refractivity contribution < 1.29 is 9.90 Å². The van der Waals surface area contributed by atoms with Gasteiger partial charge in [-0.1, -0.05) is 11.8 Å². The zero-order chi connectivity index (χ0) is 13.8. The molecule has 0 spiro atoms. The quantitative estimate of drug-likeness (QED) is 0.841. The summed E-state index contributed by atoms with van der Waals surface area (Å²) in [6.45, 7) is 4.58. The molecule has 0 aliphatic carbocycles. The van der Waals surface area contributed by atoms with Crippen LogP contribution in [-0.2, 0) is 11.3 Å². The largest absolute Gasteiger partial charge is 0.481 e. The van der Waals surface area contributed by atoms with Crippen LogP contribution in [0.1, 0.15) is 12.6 Å². The molecule has 2 aromatic rings. The maximum Gasteiger partial charge on any atom is 0.313 e. The Bertz CT molecular complexity index is 597. The Labute approximate surface area is 114 Å². The molecule has 2 aromatic heterocycles. The van der Waals surface area contributed by atoms with Crippen molar-refractivity contribution in [2.75, 3.05) is 5.75 Å². The maximum atomic E-state index is 10.6. The van der Waals surface area contributed by atoms with Crippen LogP contribution in [0.2, 0.25) is 0 Å². The van der Waals surface area contributed by atoms with E-state index in [1.807, 2.05) is 30.5 Å². The highest BCUT2D eigenvalue weighted by molar-refractivity contribution is 7.99. The third-order valence-electron chi connectivity index (χ3n) is 2.51. The molecule has 19 heavy (non-hydrogen) atoms. The van der Waals surface area contributed by atoms with Crippen molar-refractivity contribution in [1.82, 2.24) is 19.7 Å². The van der Waals surface area contributed by atoms with E-state index in [2.05, 4.69) is 15.2 Å². The Hall–Kier alpha value is -1.89. The first-order valence-electron chi connectivity index (χ1n) is 5.82. The molecule has 0 aliphatic heterocycles. The van der Waals surface area contributed by atoms with Gasteiger partial charge in [0, 0.05) is 24.0 Å². The van der Waals surface area contributed by atoms with Gasteiger partial charge in [0.05, 0.1) is 5.75 Å². The maximum absolute atomic E-state index is 10.6. The van der Waals surface area contributed by atoms with Gasteiger partial charge in [0.25, 0.3) is 0 Å². The lowest BCUT2D eigenvalue weighted by Crippen LogP contribution is -2.03. The number of thioether (sulfide) groups is 1. The lowest BCUT2D eigenvalue weighted by atomic mass is 10.2. The lowest BCUT2D eigenvalue weighted by molar-refractivity contribution is -0.133. The number of carbonyl (C=O) groups is 1. The van der Waals surface area contributed by atoms with Gasteiger partial charge in [-0.05, 0) is 26.0 Å². The minimum atomic E-state index is -0.864. The number of pyridine rings is 1. The molecule has 0 atom stereocenters. The first-order chi connectivity index (χ1) is 9.11. The van der Waals surface area contributed by atoms with Crippen LogP contribution < -0.4 is 0 Å². The Balaban J connectivity index is 2.34. The fraction of sp³-hybridized carbons (Fsp3) is 0.333. The number of aromatic nitrogens is 4. The fourth-order valence-corrected chi connectivity index (χ4v) is 2.43. The van der Waals surface area contributed by atoms with Gasteiger partial charge in [0.2, 0.25) is 0 Å². The molecule has 100 valence electrons. The van der Waals surface area contributed by atoms with E-state index in [1.165, 1.54) is 11.8 Å². The van der Waals surface area contributed by atoms with Gasteiger partial charge in [0.1, 0.15) is 0 Å². The molecule has 0 saturated carbocycles. The monoisotopic (exact) mass is 278 g/mol. The van der Waals surface area contributed by atoms with Crippen LogP contribution in [-0.4, -0.2) is 36.6 Å². The van der Waals surface area contributed by atoms with Crippen LogP contribution in [0.15, 0.2) is 23.5 Å². The van der Waals surface area contributed by atoms with Crippen LogP contribution in [0.5, 0.6) is 0 Å². The molecule has 2 rings (SSSR count). The zero-order valence-electron chi connectivity index (χ0n) is 10.7. The first-order valence-corrected chi connectivity index (χ1v) is 6.81. The van der Waals surface area contributed by atoms with Gasteiger partial charge in [-0.2, -0.15) is 0 Å². The Morgan fingerprint density at radius 3 is 2.89 bits per heavy atom. The first kappa shape index (κ1) is 13.5. The van der Waals surface area contributed by atoms with Gasteiger partial charge in [-0.15, -0.1) is 10.2 Å². The van der Waals surface area contributed by atoms with Crippen molar-refractivity contribution in [2.24, 2.45) is 0 Å². The summed E-state index contributed by atoms with van der Waals surface area (Å²) in [6, 6.07) is 3.80. The summed E-state index contributed by atoms with van der Waals surface area (Å²) in [5.41, 5.74) is 1.84. The van der Waals surface area contributed by atoms with Crippen LogP contribution in [0, 0.1) is 6.92 Å². The molecule has 6 nitrogen and oxygen atoms in total. The number of hydrogen-bond donors (Lipinski definition) is 1. The summed E-state index contributed by atoms with van der Waals surface area (Å²) < 4.78 is 1.91. The van der Waals surface area contributed by atoms with Gasteiger partial charge < -0.3 is 9.67 Å². The summed E-state index contributed by atoms with van der Waals surface area (Å²) in [6.07, 6.45) is 1.73. The molecular formula is C12H14N4O2S. The Morgan fingerprint density at radius 1 is 1.47 bits per heavy atom. The number of aryl methyl sites for hydroxylation is 1. The molecule has 0 amide bonds. The van der Waals surface area contributed by atoms with E-state index >= 15 is 0 Å². The average molecular weight is 278 g/mol. The minimum Gasteiger partial charge on any atom is -0.481 e. The van der Waals surface area contributed by atoms with Gasteiger partial charge in [-0.3, -0.25) is 9.78 Å². The molecule has 2 heterocycles. The van der Waals surface area contributed by atoms with E-state index in [4.69, 9.17) is 5.11 Å². The van der Waals surface area contributed by atoms with Crippen molar-refractivity contribution in [1.29, 1.82) is 0 Å². The predicted octanol–water partition coefficient (Wildman–Crippen LogP) is 1.85. The molecular weight excluding hydrogens is 264 g/mol. The van der Waals surface area contributed by atoms with Gasteiger partial charge in [0.15, 0.2) is 11.0 Å². The molecule has 0 fully saturated rings. The summed E-state index contributed by atoms with van der Waals surface area (Å²) in [4.78, 5) is 14.8. The van der Waals surface area contributed by atoms with Crippen molar-refractivity contribution in [3.63, 3.8) is 0 Å². The van der Waals surface area contributed by atoms with Crippen molar-refractivity contribution in [3.05, 3.63) is 24.0 Å². The summed E-state index contributed by atoms with van der Waals surface area (Å²) in [7, 11) is 0. The van der Waals surface area contributed by atoms with Crippen molar-refractivity contribution in [2.45, 2.75) is 25.5 Å².